The van der Waals surface area contributed by atoms with E-state index in [-0.39, 0.29) is 18.5 Å². The Morgan fingerprint density at radius 1 is 1.00 bits per heavy atom. The van der Waals surface area contributed by atoms with Crippen molar-refractivity contribution >= 4 is 15.9 Å². The molecule has 6 nitrogen and oxygen atoms in total. The number of hydrogen-bond acceptors (Lipinski definition) is 4. The Hall–Kier alpha value is -2.22. The van der Waals surface area contributed by atoms with E-state index in [2.05, 4.69) is 36.5 Å². The number of nitrogens with one attached hydrogen (secondary N) is 1. The van der Waals surface area contributed by atoms with Gasteiger partial charge in [-0.05, 0) is 56.5 Å². The van der Waals surface area contributed by atoms with Crippen LogP contribution in [0.2, 0.25) is 0 Å². The molecule has 0 aliphatic carbocycles. The lowest BCUT2D eigenvalue weighted by atomic mass is 10.1. The van der Waals surface area contributed by atoms with Crippen molar-refractivity contribution in [1.82, 2.24) is 14.5 Å². The third-order valence-electron chi connectivity index (χ3n) is 5.84. The molecule has 1 saturated heterocycles. The number of benzene rings is 2. The summed E-state index contributed by atoms with van der Waals surface area (Å²) in [6.07, 6.45) is 1.69. The molecule has 2 aromatic carbocycles. The normalized spacial score (nSPS) is 17.1. The largest absolute Gasteiger partial charge is 0.348 e. The second-order valence-corrected chi connectivity index (χ2v) is 10.2. The van der Waals surface area contributed by atoms with E-state index in [0.29, 0.717) is 37.5 Å². The first-order chi connectivity index (χ1) is 14.8. The summed E-state index contributed by atoms with van der Waals surface area (Å²) < 4.78 is 27.4. The van der Waals surface area contributed by atoms with Crippen LogP contribution in [0.25, 0.3) is 0 Å². The molecule has 0 spiro atoms. The summed E-state index contributed by atoms with van der Waals surface area (Å²) in [5.74, 6) is -0.0399. The molecular weight excluding hydrogens is 410 g/mol. The molecule has 168 valence electrons. The number of rotatable bonds is 7. The standard InChI is InChI=1S/C24H33N3O3S/c1-4-21-8-10-22(11-9-21)20(3)25-24(28)18-26-14-5-15-27(17-16-26)31(29,30)23-12-6-19(2)7-13-23/h6-13,20H,4-5,14-18H2,1-3H3,(H,25,28)/t20-/m0/s1. The lowest BCUT2D eigenvalue weighted by Gasteiger charge is -2.22. The fraction of sp³-hybridized carbons (Fsp3) is 0.458. The fourth-order valence-corrected chi connectivity index (χ4v) is 5.29. The van der Waals surface area contributed by atoms with Crippen molar-refractivity contribution in [2.45, 2.75) is 44.6 Å². The third kappa shape index (κ3) is 6.15. The van der Waals surface area contributed by atoms with Crippen LogP contribution in [0.1, 0.15) is 43.0 Å². The van der Waals surface area contributed by atoms with Crippen molar-refractivity contribution in [2.75, 3.05) is 32.7 Å². The number of hydrogen-bond donors (Lipinski definition) is 1. The minimum Gasteiger partial charge on any atom is -0.348 e. The molecule has 2 aromatic rings. The van der Waals surface area contributed by atoms with E-state index < -0.39 is 10.0 Å². The lowest BCUT2D eigenvalue weighted by Crippen LogP contribution is -2.40. The maximum absolute atomic E-state index is 13.0. The van der Waals surface area contributed by atoms with Gasteiger partial charge < -0.3 is 5.32 Å². The molecule has 0 radical (unpaired) electrons. The summed E-state index contributed by atoms with van der Waals surface area (Å²) in [6.45, 7) is 8.41. The average molecular weight is 444 g/mol. The van der Waals surface area contributed by atoms with E-state index in [9.17, 15) is 13.2 Å². The van der Waals surface area contributed by atoms with Crippen LogP contribution in [-0.2, 0) is 21.2 Å². The Balaban J connectivity index is 1.54. The molecule has 0 bridgehead atoms. The van der Waals surface area contributed by atoms with Crippen LogP contribution in [0, 0.1) is 6.92 Å². The minimum atomic E-state index is -3.51. The molecule has 1 aliphatic rings. The molecule has 31 heavy (non-hydrogen) atoms. The maximum atomic E-state index is 13.0. The summed E-state index contributed by atoms with van der Waals surface area (Å²) in [7, 11) is -3.51. The number of nitrogens with zero attached hydrogens (tertiary/aromatic N) is 2. The van der Waals surface area contributed by atoms with Crippen molar-refractivity contribution in [1.29, 1.82) is 0 Å². The Morgan fingerprint density at radius 3 is 2.32 bits per heavy atom. The van der Waals surface area contributed by atoms with Gasteiger partial charge in [-0.3, -0.25) is 9.69 Å². The quantitative estimate of drug-likeness (QED) is 0.714. The number of amides is 1. The third-order valence-corrected chi connectivity index (χ3v) is 7.75. The number of aryl methyl sites for hydroxylation is 2. The van der Waals surface area contributed by atoms with Gasteiger partial charge in [0, 0.05) is 19.6 Å². The molecule has 3 rings (SSSR count). The van der Waals surface area contributed by atoms with E-state index in [1.165, 1.54) is 9.87 Å². The minimum absolute atomic E-state index is 0.0399. The summed E-state index contributed by atoms with van der Waals surface area (Å²) in [6, 6.07) is 15.2. The highest BCUT2D eigenvalue weighted by Gasteiger charge is 2.27. The molecule has 7 heteroatoms. The highest BCUT2D eigenvalue weighted by molar-refractivity contribution is 7.89. The van der Waals surface area contributed by atoms with E-state index in [4.69, 9.17) is 0 Å². The monoisotopic (exact) mass is 443 g/mol. The molecule has 0 saturated carbocycles. The Kier molecular flexibility index (Phi) is 7.86. The van der Waals surface area contributed by atoms with Crippen molar-refractivity contribution in [2.24, 2.45) is 0 Å². The van der Waals surface area contributed by atoms with Crippen LogP contribution in [0.4, 0.5) is 0 Å². The van der Waals surface area contributed by atoms with Crippen LogP contribution >= 0.6 is 0 Å². The highest BCUT2D eigenvalue weighted by Crippen LogP contribution is 2.18. The first kappa shape index (κ1) is 23.4. The van der Waals surface area contributed by atoms with Crippen molar-refractivity contribution in [3.8, 4) is 0 Å². The Labute approximate surface area is 186 Å². The van der Waals surface area contributed by atoms with Gasteiger partial charge in [0.05, 0.1) is 17.5 Å². The first-order valence-corrected chi connectivity index (χ1v) is 12.4. The molecular formula is C24H33N3O3S. The lowest BCUT2D eigenvalue weighted by molar-refractivity contribution is -0.122. The SMILES string of the molecule is CCc1ccc([C@H](C)NC(=O)CN2CCCN(S(=O)(=O)c3ccc(C)cc3)CC2)cc1. The van der Waals surface area contributed by atoms with Crippen LogP contribution in [-0.4, -0.2) is 56.3 Å². The van der Waals surface area contributed by atoms with Gasteiger partial charge in [-0.25, -0.2) is 8.42 Å². The summed E-state index contributed by atoms with van der Waals surface area (Å²) in [5, 5.41) is 3.06. The molecule has 1 aliphatic heterocycles. The van der Waals surface area contributed by atoms with Crippen LogP contribution in [0.15, 0.2) is 53.4 Å². The van der Waals surface area contributed by atoms with Gasteiger partial charge in [-0.15, -0.1) is 0 Å². The zero-order valence-electron chi connectivity index (χ0n) is 18.7. The highest BCUT2D eigenvalue weighted by atomic mass is 32.2. The fourth-order valence-electron chi connectivity index (χ4n) is 3.82. The second-order valence-electron chi connectivity index (χ2n) is 8.23. The summed E-state index contributed by atoms with van der Waals surface area (Å²) in [5.41, 5.74) is 3.39. The van der Waals surface area contributed by atoms with E-state index in [1.807, 2.05) is 30.9 Å². The zero-order chi connectivity index (χ0) is 22.4. The van der Waals surface area contributed by atoms with Crippen molar-refractivity contribution < 1.29 is 13.2 Å². The van der Waals surface area contributed by atoms with Gasteiger partial charge >= 0.3 is 0 Å². The maximum Gasteiger partial charge on any atom is 0.243 e. The smallest absolute Gasteiger partial charge is 0.243 e. The van der Waals surface area contributed by atoms with Gasteiger partial charge in [0.1, 0.15) is 0 Å². The number of carbonyl (C=O) groups is 1. The Morgan fingerprint density at radius 2 is 1.68 bits per heavy atom. The van der Waals surface area contributed by atoms with E-state index >= 15 is 0 Å². The number of carbonyl (C=O) groups excluding carboxylic acids is 1. The molecule has 0 aromatic heterocycles. The molecule has 1 fully saturated rings. The van der Waals surface area contributed by atoms with Crippen LogP contribution < -0.4 is 5.32 Å². The predicted octanol–water partition coefficient (Wildman–Crippen LogP) is 3.13. The molecule has 0 unspecified atom stereocenters. The molecule has 1 N–H and O–H groups in total. The summed E-state index contributed by atoms with van der Waals surface area (Å²) >= 11 is 0. The predicted molar refractivity (Wildman–Crippen MR) is 123 cm³/mol. The molecule has 1 amide bonds. The Bertz CT molecular complexity index is 972. The molecule has 1 atom stereocenters. The van der Waals surface area contributed by atoms with E-state index in [0.717, 1.165) is 17.5 Å². The van der Waals surface area contributed by atoms with Gasteiger partial charge in [0.25, 0.3) is 0 Å². The number of sulfonamides is 1. The van der Waals surface area contributed by atoms with E-state index in [1.54, 1.807) is 12.1 Å². The summed E-state index contributed by atoms with van der Waals surface area (Å²) in [4.78, 5) is 14.9. The van der Waals surface area contributed by atoms with Crippen LogP contribution in [0.3, 0.4) is 0 Å². The zero-order valence-corrected chi connectivity index (χ0v) is 19.5. The van der Waals surface area contributed by atoms with Gasteiger partial charge in [0.2, 0.25) is 15.9 Å². The van der Waals surface area contributed by atoms with Gasteiger partial charge in [-0.1, -0.05) is 48.9 Å². The second kappa shape index (κ2) is 10.4. The average Bonchev–Trinajstić information content (AvgIpc) is 3.00. The topological polar surface area (TPSA) is 69.7 Å². The molecule has 1 heterocycles. The first-order valence-electron chi connectivity index (χ1n) is 11.0. The van der Waals surface area contributed by atoms with Crippen LogP contribution in [0.5, 0.6) is 0 Å². The van der Waals surface area contributed by atoms with Crippen molar-refractivity contribution in [3.05, 3.63) is 65.2 Å². The van der Waals surface area contributed by atoms with Crippen molar-refractivity contribution in [3.63, 3.8) is 0 Å². The van der Waals surface area contributed by atoms with Gasteiger partial charge in [0.15, 0.2) is 0 Å². The van der Waals surface area contributed by atoms with Gasteiger partial charge in [-0.2, -0.15) is 4.31 Å².